The van der Waals surface area contributed by atoms with Crippen LogP contribution in [-0.4, -0.2) is 37.6 Å². The Balaban J connectivity index is 1.93. The van der Waals surface area contributed by atoms with Crippen LogP contribution in [0.1, 0.15) is 32.6 Å². The van der Waals surface area contributed by atoms with Gasteiger partial charge in [-0.2, -0.15) is 0 Å². The third kappa shape index (κ3) is 2.82. The van der Waals surface area contributed by atoms with Crippen LogP contribution in [0.15, 0.2) is 12.2 Å². The van der Waals surface area contributed by atoms with Crippen molar-refractivity contribution in [1.29, 1.82) is 0 Å². The van der Waals surface area contributed by atoms with Gasteiger partial charge in [0, 0.05) is 19.6 Å². The number of nitrogens with zero attached hydrogens (tertiary/aromatic N) is 1. The van der Waals surface area contributed by atoms with Crippen LogP contribution in [0.25, 0.3) is 0 Å². The Morgan fingerprint density at radius 3 is 2.87 bits per heavy atom. The van der Waals surface area contributed by atoms with Gasteiger partial charge >= 0.3 is 0 Å². The summed E-state index contributed by atoms with van der Waals surface area (Å²) in [4.78, 5) is 2.60. The Labute approximate surface area is 93.7 Å². The third-order valence-corrected chi connectivity index (χ3v) is 3.79. The summed E-state index contributed by atoms with van der Waals surface area (Å²) in [5, 5.41) is 3.57. The summed E-state index contributed by atoms with van der Waals surface area (Å²) in [5.41, 5.74) is 1.89. The van der Waals surface area contributed by atoms with Gasteiger partial charge in [-0.25, -0.2) is 0 Å². The number of hydrogen-bond acceptors (Lipinski definition) is 2. The monoisotopic (exact) mass is 208 g/mol. The van der Waals surface area contributed by atoms with Crippen LogP contribution in [0, 0.1) is 5.41 Å². The summed E-state index contributed by atoms with van der Waals surface area (Å²) in [7, 11) is 0. The van der Waals surface area contributed by atoms with E-state index in [9.17, 15) is 0 Å². The Hall–Kier alpha value is -0.340. The summed E-state index contributed by atoms with van der Waals surface area (Å²) in [6.07, 6.45) is 5.58. The van der Waals surface area contributed by atoms with E-state index in [1.54, 1.807) is 0 Å². The molecule has 2 saturated heterocycles. The average molecular weight is 208 g/mol. The maximum Gasteiger partial charge on any atom is 0.0187 e. The van der Waals surface area contributed by atoms with Crippen molar-refractivity contribution in [2.75, 3.05) is 32.7 Å². The first-order valence-corrected chi connectivity index (χ1v) is 6.28. The van der Waals surface area contributed by atoms with E-state index in [1.165, 1.54) is 57.4 Å². The molecule has 2 aliphatic heterocycles. The van der Waals surface area contributed by atoms with Crippen molar-refractivity contribution in [2.45, 2.75) is 32.6 Å². The Bertz CT molecular complexity index is 223. The van der Waals surface area contributed by atoms with Gasteiger partial charge in [0.1, 0.15) is 0 Å². The van der Waals surface area contributed by atoms with Gasteiger partial charge in [0.2, 0.25) is 0 Å². The molecule has 1 N–H and O–H groups in total. The minimum atomic E-state index is 0.589. The molecule has 2 rings (SSSR count). The number of piperidine rings is 2. The zero-order valence-corrected chi connectivity index (χ0v) is 10.0. The molecule has 0 amide bonds. The normalized spacial score (nSPS) is 33.1. The van der Waals surface area contributed by atoms with E-state index >= 15 is 0 Å². The largest absolute Gasteiger partial charge is 0.316 e. The average Bonchev–Trinajstić information content (AvgIpc) is 2.17. The maximum absolute atomic E-state index is 4.03. The number of likely N-dealkylation sites (tertiary alicyclic amines) is 1. The van der Waals surface area contributed by atoms with Crippen LogP contribution in [0.3, 0.4) is 0 Å². The highest BCUT2D eigenvalue weighted by Gasteiger charge is 2.36. The number of rotatable bonds is 2. The van der Waals surface area contributed by atoms with Gasteiger partial charge < -0.3 is 5.32 Å². The van der Waals surface area contributed by atoms with Crippen molar-refractivity contribution in [1.82, 2.24) is 10.2 Å². The topological polar surface area (TPSA) is 15.3 Å². The molecule has 0 aromatic carbocycles. The van der Waals surface area contributed by atoms with Crippen molar-refractivity contribution in [2.24, 2.45) is 5.41 Å². The molecule has 0 aromatic heterocycles. The quantitative estimate of drug-likeness (QED) is 0.699. The molecule has 2 heterocycles. The van der Waals surface area contributed by atoms with Gasteiger partial charge in [-0.05, 0) is 51.1 Å². The molecule has 1 atom stereocenters. The lowest BCUT2D eigenvalue weighted by atomic mass is 9.74. The fourth-order valence-corrected chi connectivity index (χ4v) is 3.21. The second kappa shape index (κ2) is 4.67. The zero-order valence-electron chi connectivity index (χ0n) is 10.0. The van der Waals surface area contributed by atoms with Gasteiger partial charge in [-0.15, -0.1) is 0 Å². The molecule has 1 unspecified atom stereocenters. The van der Waals surface area contributed by atoms with Crippen LogP contribution < -0.4 is 5.32 Å². The Morgan fingerprint density at radius 2 is 2.20 bits per heavy atom. The first kappa shape index (κ1) is 11.2. The van der Waals surface area contributed by atoms with Crippen LogP contribution in [-0.2, 0) is 0 Å². The summed E-state index contributed by atoms with van der Waals surface area (Å²) in [6, 6.07) is 0. The molecule has 0 radical (unpaired) electrons. The van der Waals surface area contributed by atoms with Crippen LogP contribution in [0.4, 0.5) is 0 Å². The van der Waals surface area contributed by atoms with Crippen molar-refractivity contribution < 1.29 is 0 Å². The van der Waals surface area contributed by atoms with Gasteiger partial charge in [-0.1, -0.05) is 12.2 Å². The zero-order chi connectivity index (χ0) is 10.7. The molecule has 15 heavy (non-hydrogen) atoms. The summed E-state index contributed by atoms with van der Waals surface area (Å²) in [5.74, 6) is 0. The molecule has 2 aliphatic rings. The Kier molecular flexibility index (Phi) is 3.47. The highest BCUT2D eigenvalue weighted by molar-refractivity contribution is 4.97. The van der Waals surface area contributed by atoms with E-state index in [2.05, 4.69) is 23.7 Å². The van der Waals surface area contributed by atoms with E-state index in [1.807, 2.05) is 0 Å². The highest BCUT2D eigenvalue weighted by Crippen LogP contribution is 2.35. The minimum Gasteiger partial charge on any atom is -0.316 e. The van der Waals surface area contributed by atoms with Gasteiger partial charge in [0.15, 0.2) is 0 Å². The highest BCUT2D eigenvalue weighted by atomic mass is 15.1. The fraction of sp³-hybridized carbons (Fsp3) is 0.846. The molecule has 1 spiro atoms. The van der Waals surface area contributed by atoms with E-state index in [0.717, 1.165) is 6.54 Å². The van der Waals surface area contributed by atoms with Crippen LogP contribution in [0.5, 0.6) is 0 Å². The van der Waals surface area contributed by atoms with E-state index in [-0.39, 0.29) is 0 Å². The summed E-state index contributed by atoms with van der Waals surface area (Å²) >= 11 is 0. The van der Waals surface area contributed by atoms with Crippen LogP contribution in [0.2, 0.25) is 0 Å². The number of hydrogen-bond donors (Lipinski definition) is 1. The van der Waals surface area contributed by atoms with Crippen molar-refractivity contribution in [3.8, 4) is 0 Å². The summed E-state index contributed by atoms with van der Waals surface area (Å²) in [6.45, 7) is 12.3. The van der Waals surface area contributed by atoms with Crippen molar-refractivity contribution >= 4 is 0 Å². The maximum atomic E-state index is 4.03. The third-order valence-electron chi connectivity index (χ3n) is 3.79. The SMILES string of the molecule is C=C(C)CN1CCCC2(CCCNC2)C1. The van der Waals surface area contributed by atoms with E-state index in [4.69, 9.17) is 0 Å². The molecule has 0 aliphatic carbocycles. The molecule has 0 saturated carbocycles. The predicted octanol–water partition coefficient (Wildman–Crippen LogP) is 2.03. The second-order valence-corrected chi connectivity index (χ2v) is 5.55. The van der Waals surface area contributed by atoms with Gasteiger partial charge in [-0.3, -0.25) is 4.90 Å². The first-order chi connectivity index (χ1) is 7.20. The molecule has 2 heteroatoms. The fourth-order valence-electron chi connectivity index (χ4n) is 3.21. The molecule has 0 bridgehead atoms. The lowest BCUT2D eigenvalue weighted by Crippen LogP contribution is -2.51. The molecular weight excluding hydrogens is 184 g/mol. The van der Waals surface area contributed by atoms with Crippen molar-refractivity contribution in [3.05, 3.63) is 12.2 Å². The standard InChI is InChI=1S/C13H24N2/c1-12(2)9-15-8-4-6-13(11-15)5-3-7-14-10-13/h14H,1,3-11H2,2H3. The molecule has 2 fully saturated rings. The van der Waals surface area contributed by atoms with Gasteiger partial charge in [0.05, 0.1) is 0 Å². The van der Waals surface area contributed by atoms with E-state index < -0.39 is 0 Å². The van der Waals surface area contributed by atoms with E-state index in [0.29, 0.717) is 5.41 Å². The lowest BCUT2D eigenvalue weighted by molar-refractivity contribution is 0.0706. The Morgan fingerprint density at radius 1 is 1.40 bits per heavy atom. The van der Waals surface area contributed by atoms with Crippen LogP contribution >= 0.6 is 0 Å². The van der Waals surface area contributed by atoms with Gasteiger partial charge in [0.25, 0.3) is 0 Å². The molecule has 86 valence electrons. The summed E-state index contributed by atoms with van der Waals surface area (Å²) < 4.78 is 0. The second-order valence-electron chi connectivity index (χ2n) is 5.55. The minimum absolute atomic E-state index is 0.589. The molecular formula is C13H24N2. The lowest BCUT2D eigenvalue weighted by Gasteiger charge is -2.45. The first-order valence-electron chi connectivity index (χ1n) is 6.28. The predicted molar refractivity (Wildman–Crippen MR) is 65.0 cm³/mol. The molecule has 0 aromatic rings. The smallest absolute Gasteiger partial charge is 0.0187 e. The molecule has 2 nitrogen and oxygen atoms in total. The van der Waals surface area contributed by atoms with Crippen molar-refractivity contribution in [3.63, 3.8) is 0 Å². The number of nitrogens with one attached hydrogen (secondary N) is 1.